The molecule has 1 amide bonds. The van der Waals surface area contributed by atoms with Crippen LogP contribution in [0.3, 0.4) is 0 Å². The predicted molar refractivity (Wildman–Crippen MR) is 111 cm³/mol. The first-order valence-electron chi connectivity index (χ1n) is 9.25. The standard InChI is InChI=1S/C22H22ClNO5.H2O/c1-12(2)18(22(28)29-3)24-19(13-8-10-14(23)11-9-13)17(21(26)27)15-6-4-5-7-16(15)20(24)25;/h4-12,17-19H,1-3H3,(H,26,27);1H2/t17-,18-,19+;/m0./s1. The fourth-order valence-corrected chi connectivity index (χ4v) is 4.09. The molecular formula is C22H24ClNO6. The summed E-state index contributed by atoms with van der Waals surface area (Å²) in [6.07, 6.45) is 0. The molecule has 3 atom stereocenters. The van der Waals surface area contributed by atoms with Crippen molar-refractivity contribution < 1.29 is 29.7 Å². The molecule has 1 aliphatic rings. The smallest absolute Gasteiger partial charge is 0.328 e. The van der Waals surface area contributed by atoms with Gasteiger partial charge in [0.25, 0.3) is 5.91 Å². The van der Waals surface area contributed by atoms with Crippen LogP contribution >= 0.6 is 11.6 Å². The number of esters is 1. The van der Waals surface area contributed by atoms with Crippen molar-refractivity contribution in [2.45, 2.75) is 31.8 Å². The maximum atomic E-state index is 13.5. The van der Waals surface area contributed by atoms with Crippen LogP contribution in [0, 0.1) is 5.92 Å². The van der Waals surface area contributed by atoms with Crippen LogP contribution < -0.4 is 0 Å². The lowest BCUT2D eigenvalue weighted by Crippen LogP contribution is -2.54. The van der Waals surface area contributed by atoms with E-state index in [-0.39, 0.29) is 17.0 Å². The molecule has 2 aromatic carbocycles. The molecule has 0 saturated carbocycles. The molecule has 0 aromatic heterocycles. The first-order chi connectivity index (χ1) is 13.8. The van der Waals surface area contributed by atoms with E-state index in [4.69, 9.17) is 16.3 Å². The van der Waals surface area contributed by atoms with E-state index in [1.807, 2.05) is 0 Å². The molecule has 0 aliphatic carbocycles. The van der Waals surface area contributed by atoms with E-state index < -0.39 is 35.8 Å². The summed E-state index contributed by atoms with van der Waals surface area (Å²) in [6, 6.07) is 11.4. The van der Waals surface area contributed by atoms with Crippen LogP contribution in [0.1, 0.15) is 47.3 Å². The van der Waals surface area contributed by atoms with E-state index in [2.05, 4.69) is 0 Å². The number of carbonyl (C=O) groups is 3. The number of carbonyl (C=O) groups excluding carboxylic acids is 2. The number of fused-ring (bicyclic) bond motifs is 1. The van der Waals surface area contributed by atoms with Crippen molar-refractivity contribution in [2.24, 2.45) is 5.92 Å². The second kappa shape index (κ2) is 9.28. The molecule has 0 unspecified atom stereocenters. The number of benzene rings is 2. The zero-order valence-electron chi connectivity index (χ0n) is 16.8. The summed E-state index contributed by atoms with van der Waals surface area (Å²) >= 11 is 6.01. The molecule has 7 nitrogen and oxygen atoms in total. The normalized spacial score (nSPS) is 19.0. The van der Waals surface area contributed by atoms with Crippen LogP contribution in [-0.2, 0) is 14.3 Å². The molecule has 0 radical (unpaired) electrons. The van der Waals surface area contributed by atoms with Gasteiger partial charge in [0.2, 0.25) is 0 Å². The van der Waals surface area contributed by atoms with Gasteiger partial charge in [-0.15, -0.1) is 0 Å². The van der Waals surface area contributed by atoms with Gasteiger partial charge in [0.05, 0.1) is 13.2 Å². The number of hydrogen-bond acceptors (Lipinski definition) is 4. The summed E-state index contributed by atoms with van der Waals surface area (Å²) < 4.78 is 4.96. The van der Waals surface area contributed by atoms with Gasteiger partial charge >= 0.3 is 11.9 Å². The van der Waals surface area contributed by atoms with Crippen molar-refractivity contribution in [1.29, 1.82) is 0 Å². The Bertz CT molecular complexity index is 943. The van der Waals surface area contributed by atoms with E-state index in [9.17, 15) is 19.5 Å². The number of carboxylic acids is 1. The molecule has 30 heavy (non-hydrogen) atoms. The number of rotatable bonds is 5. The number of ether oxygens (including phenoxy) is 1. The van der Waals surface area contributed by atoms with Gasteiger partial charge < -0.3 is 20.2 Å². The van der Waals surface area contributed by atoms with Gasteiger partial charge in [-0.2, -0.15) is 0 Å². The minimum Gasteiger partial charge on any atom is -0.481 e. The molecule has 8 heteroatoms. The van der Waals surface area contributed by atoms with Gasteiger partial charge in [-0.3, -0.25) is 9.59 Å². The maximum Gasteiger partial charge on any atom is 0.328 e. The Morgan fingerprint density at radius 1 is 1.10 bits per heavy atom. The Hall–Kier alpha value is -2.90. The topological polar surface area (TPSA) is 115 Å². The lowest BCUT2D eigenvalue weighted by Gasteiger charge is -2.45. The molecule has 0 bridgehead atoms. The SMILES string of the molecule is COC(=O)[C@H](C(C)C)N1C(=O)c2ccccc2[C@H](C(=O)O)[C@H]1c1ccc(Cl)cc1.O. The van der Waals surface area contributed by atoms with Crippen molar-refractivity contribution in [1.82, 2.24) is 4.90 Å². The number of methoxy groups -OCH3 is 1. The molecule has 3 rings (SSSR count). The second-order valence-electron chi connectivity index (χ2n) is 7.32. The van der Waals surface area contributed by atoms with E-state index in [1.165, 1.54) is 12.0 Å². The second-order valence-corrected chi connectivity index (χ2v) is 7.76. The highest BCUT2D eigenvalue weighted by molar-refractivity contribution is 6.30. The highest BCUT2D eigenvalue weighted by atomic mass is 35.5. The fraction of sp³-hybridized carbons (Fsp3) is 0.318. The average Bonchev–Trinajstić information content (AvgIpc) is 2.69. The van der Waals surface area contributed by atoms with Crippen molar-refractivity contribution >= 4 is 29.4 Å². The largest absolute Gasteiger partial charge is 0.481 e. The molecule has 0 spiro atoms. The number of hydrogen-bond donors (Lipinski definition) is 1. The van der Waals surface area contributed by atoms with Crippen molar-refractivity contribution in [3.8, 4) is 0 Å². The van der Waals surface area contributed by atoms with Gasteiger partial charge in [0.15, 0.2) is 0 Å². The molecule has 1 aliphatic heterocycles. The average molecular weight is 434 g/mol. The summed E-state index contributed by atoms with van der Waals surface area (Å²) in [7, 11) is 1.26. The van der Waals surface area contributed by atoms with E-state index in [1.54, 1.807) is 62.4 Å². The number of amides is 1. The summed E-state index contributed by atoms with van der Waals surface area (Å²) in [5.41, 5.74) is 1.28. The quantitative estimate of drug-likeness (QED) is 0.727. The Labute approximate surface area is 179 Å². The Morgan fingerprint density at radius 3 is 2.23 bits per heavy atom. The number of halogens is 1. The Morgan fingerprint density at radius 2 is 1.70 bits per heavy atom. The number of aliphatic carboxylic acids is 1. The van der Waals surface area contributed by atoms with Crippen molar-refractivity contribution in [2.75, 3.05) is 7.11 Å². The first kappa shape index (κ1) is 23.4. The Kier molecular flexibility index (Phi) is 7.23. The summed E-state index contributed by atoms with van der Waals surface area (Å²) in [5, 5.41) is 10.6. The van der Waals surface area contributed by atoms with Gasteiger partial charge in [-0.05, 0) is 35.2 Å². The molecule has 1 heterocycles. The zero-order chi connectivity index (χ0) is 21.3. The third-order valence-corrected chi connectivity index (χ3v) is 5.48. The van der Waals surface area contributed by atoms with Gasteiger partial charge in [-0.1, -0.05) is 55.8 Å². The molecule has 3 N–H and O–H groups in total. The number of carboxylic acid groups (broad SMARTS) is 1. The van der Waals surface area contributed by atoms with E-state index >= 15 is 0 Å². The Balaban J connectivity index is 0.00000320. The third kappa shape index (κ3) is 4.04. The number of nitrogens with zero attached hydrogens (tertiary/aromatic N) is 1. The monoisotopic (exact) mass is 433 g/mol. The molecular weight excluding hydrogens is 410 g/mol. The summed E-state index contributed by atoms with van der Waals surface area (Å²) in [5.74, 6) is -3.41. The first-order valence-corrected chi connectivity index (χ1v) is 9.63. The van der Waals surface area contributed by atoms with Gasteiger partial charge in [0, 0.05) is 10.6 Å². The van der Waals surface area contributed by atoms with Gasteiger partial charge in [-0.25, -0.2) is 4.79 Å². The van der Waals surface area contributed by atoms with Crippen LogP contribution in [0.4, 0.5) is 0 Å². The van der Waals surface area contributed by atoms with Crippen LogP contribution in [0.15, 0.2) is 48.5 Å². The minimum atomic E-state index is -1.08. The van der Waals surface area contributed by atoms with Crippen molar-refractivity contribution in [3.05, 3.63) is 70.2 Å². The lowest BCUT2D eigenvalue weighted by molar-refractivity contribution is -0.151. The van der Waals surface area contributed by atoms with E-state index in [0.29, 0.717) is 16.1 Å². The van der Waals surface area contributed by atoms with Crippen LogP contribution in [0.5, 0.6) is 0 Å². The molecule has 0 fully saturated rings. The minimum absolute atomic E-state index is 0. The van der Waals surface area contributed by atoms with Gasteiger partial charge in [0.1, 0.15) is 12.0 Å². The zero-order valence-corrected chi connectivity index (χ0v) is 17.6. The molecule has 0 saturated heterocycles. The fourth-order valence-electron chi connectivity index (χ4n) is 3.97. The van der Waals surface area contributed by atoms with E-state index in [0.717, 1.165) is 0 Å². The highest BCUT2D eigenvalue weighted by Gasteiger charge is 2.49. The van der Waals surface area contributed by atoms with Crippen molar-refractivity contribution in [3.63, 3.8) is 0 Å². The maximum absolute atomic E-state index is 13.5. The van der Waals surface area contributed by atoms with Crippen LogP contribution in [0.2, 0.25) is 5.02 Å². The predicted octanol–water partition coefficient (Wildman–Crippen LogP) is 3.08. The lowest BCUT2D eigenvalue weighted by atomic mass is 9.78. The molecule has 2 aromatic rings. The van der Waals surface area contributed by atoms with Crippen LogP contribution in [-0.4, -0.2) is 46.5 Å². The summed E-state index contributed by atoms with van der Waals surface area (Å²) in [4.78, 5) is 39.9. The molecule has 160 valence electrons. The van der Waals surface area contributed by atoms with Crippen LogP contribution in [0.25, 0.3) is 0 Å². The summed E-state index contributed by atoms with van der Waals surface area (Å²) in [6.45, 7) is 3.59. The highest BCUT2D eigenvalue weighted by Crippen LogP contribution is 2.45. The third-order valence-electron chi connectivity index (χ3n) is 5.23.